The van der Waals surface area contributed by atoms with E-state index in [1.807, 2.05) is 0 Å². The molecule has 1 saturated heterocycles. The van der Waals surface area contributed by atoms with Crippen LogP contribution in [0.25, 0.3) is 0 Å². The highest BCUT2D eigenvalue weighted by atomic mass is 32.1. The molecule has 1 aromatic heterocycles. The van der Waals surface area contributed by atoms with Gasteiger partial charge in [0.05, 0.1) is 6.10 Å². The van der Waals surface area contributed by atoms with Gasteiger partial charge in [-0.1, -0.05) is 0 Å². The summed E-state index contributed by atoms with van der Waals surface area (Å²) in [6.07, 6.45) is 0.0336. The standard InChI is InChI=1S/C12H15F3N2OS/c13-12(14,15)10-6-19-11(17-10)16-8-3-4-18-9(5-8)7-1-2-7/h6-9H,1-5H2,(H,16,17). The fourth-order valence-electron chi connectivity index (χ4n) is 2.40. The normalized spacial score (nSPS) is 28.4. The predicted molar refractivity (Wildman–Crippen MR) is 66.2 cm³/mol. The lowest BCUT2D eigenvalue weighted by molar-refractivity contribution is -0.140. The molecule has 1 aliphatic heterocycles. The summed E-state index contributed by atoms with van der Waals surface area (Å²) in [5, 5.41) is 4.52. The zero-order valence-corrected chi connectivity index (χ0v) is 11.1. The summed E-state index contributed by atoms with van der Waals surface area (Å²) in [5.41, 5.74) is -0.814. The predicted octanol–water partition coefficient (Wildman–Crippen LogP) is 3.53. The van der Waals surface area contributed by atoms with Gasteiger partial charge in [0.1, 0.15) is 0 Å². The topological polar surface area (TPSA) is 34.1 Å². The molecule has 3 nitrogen and oxygen atoms in total. The van der Waals surface area contributed by atoms with Crippen molar-refractivity contribution in [1.29, 1.82) is 0 Å². The summed E-state index contributed by atoms with van der Waals surface area (Å²) >= 11 is 1.01. The Morgan fingerprint density at radius 2 is 2.11 bits per heavy atom. The first kappa shape index (κ1) is 13.2. The van der Waals surface area contributed by atoms with Crippen molar-refractivity contribution in [2.45, 2.75) is 44.0 Å². The van der Waals surface area contributed by atoms with E-state index in [-0.39, 0.29) is 12.1 Å². The summed E-state index contributed by atoms with van der Waals surface area (Å²) in [6.45, 7) is 0.677. The molecule has 0 radical (unpaired) electrons. The van der Waals surface area contributed by atoms with Gasteiger partial charge in [-0.3, -0.25) is 0 Å². The van der Waals surface area contributed by atoms with E-state index in [9.17, 15) is 13.2 Å². The van der Waals surface area contributed by atoms with E-state index >= 15 is 0 Å². The molecule has 2 heterocycles. The highest BCUT2D eigenvalue weighted by molar-refractivity contribution is 7.13. The highest BCUT2D eigenvalue weighted by Gasteiger charge is 2.37. The second-order valence-corrected chi connectivity index (χ2v) is 6.01. The van der Waals surface area contributed by atoms with Gasteiger partial charge < -0.3 is 10.1 Å². The number of hydrogen-bond acceptors (Lipinski definition) is 4. The minimum Gasteiger partial charge on any atom is -0.378 e. The molecule has 19 heavy (non-hydrogen) atoms. The molecule has 7 heteroatoms. The molecule has 3 rings (SSSR count). The smallest absolute Gasteiger partial charge is 0.378 e. The van der Waals surface area contributed by atoms with E-state index < -0.39 is 11.9 Å². The van der Waals surface area contributed by atoms with Crippen LogP contribution in [0, 0.1) is 5.92 Å². The Kier molecular flexibility index (Phi) is 3.42. The van der Waals surface area contributed by atoms with Gasteiger partial charge in [0.15, 0.2) is 10.8 Å². The van der Waals surface area contributed by atoms with Crippen LogP contribution in [0.2, 0.25) is 0 Å². The number of hydrogen-bond donors (Lipinski definition) is 1. The van der Waals surface area contributed by atoms with Crippen molar-refractivity contribution >= 4 is 16.5 Å². The number of nitrogens with zero attached hydrogens (tertiary/aromatic N) is 1. The van der Waals surface area contributed by atoms with Crippen LogP contribution in [0.15, 0.2) is 5.38 Å². The maximum Gasteiger partial charge on any atom is 0.434 e. The molecule has 1 aromatic rings. The van der Waals surface area contributed by atoms with Crippen LogP contribution in [-0.2, 0) is 10.9 Å². The minimum absolute atomic E-state index is 0.173. The number of aromatic nitrogens is 1. The monoisotopic (exact) mass is 292 g/mol. The number of anilines is 1. The summed E-state index contributed by atoms with van der Waals surface area (Å²) in [4.78, 5) is 3.60. The maximum absolute atomic E-state index is 12.5. The Bertz CT molecular complexity index is 444. The van der Waals surface area contributed by atoms with Gasteiger partial charge in [0.25, 0.3) is 0 Å². The summed E-state index contributed by atoms with van der Waals surface area (Å²) in [6, 6.07) is 0.173. The number of nitrogens with one attached hydrogen (secondary N) is 1. The number of halogens is 3. The fraction of sp³-hybridized carbons (Fsp3) is 0.750. The molecule has 1 saturated carbocycles. The van der Waals surface area contributed by atoms with Crippen LogP contribution in [0.1, 0.15) is 31.4 Å². The van der Waals surface area contributed by atoms with Crippen LogP contribution in [0.4, 0.5) is 18.3 Å². The Morgan fingerprint density at radius 1 is 1.32 bits per heavy atom. The molecule has 0 bridgehead atoms. The van der Waals surface area contributed by atoms with Gasteiger partial charge in [-0.25, -0.2) is 4.98 Å². The highest BCUT2D eigenvalue weighted by Crippen LogP contribution is 2.39. The summed E-state index contributed by atoms with van der Waals surface area (Å²) < 4.78 is 43.0. The third-order valence-electron chi connectivity index (χ3n) is 3.59. The zero-order chi connectivity index (χ0) is 13.5. The van der Waals surface area contributed by atoms with Crippen LogP contribution in [0.3, 0.4) is 0 Å². The van der Waals surface area contributed by atoms with Gasteiger partial charge in [-0.05, 0) is 31.6 Å². The molecule has 1 N–H and O–H groups in total. The van der Waals surface area contributed by atoms with E-state index in [0.717, 1.165) is 29.6 Å². The quantitative estimate of drug-likeness (QED) is 0.925. The zero-order valence-electron chi connectivity index (χ0n) is 10.2. The Labute approximate surface area is 113 Å². The van der Waals surface area contributed by atoms with E-state index in [0.29, 0.717) is 17.7 Å². The third kappa shape index (κ3) is 3.20. The van der Waals surface area contributed by atoms with Crippen molar-refractivity contribution in [3.63, 3.8) is 0 Å². The van der Waals surface area contributed by atoms with Crippen molar-refractivity contribution in [1.82, 2.24) is 4.98 Å². The Balaban J connectivity index is 1.59. The SMILES string of the molecule is FC(F)(F)c1csc(NC2CCOC(C3CC3)C2)n1. The molecule has 1 aliphatic carbocycles. The van der Waals surface area contributed by atoms with Gasteiger partial charge in [-0.15, -0.1) is 11.3 Å². The van der Waals surface area contributed by atoms with Crippen molar-refractivity contribution < 1.29 is 17.9 Å². The molecule has 2 unspecified atom stereocenters. The lowest BCUT2D eigenvalue weighted by Gasteiger charge is -2.30. The fourth-order valence-corrected chi connectivity index (χ4v) is 3.20. The first-order valence-corrected chi connectivity index (χ1v) is 7.31. The number of thiazole rings is 1. The maximum atomic E-state index is 12.5. The van der Waals surface area contributed by atoms with Crippen molar-refractivity contribution in [3.8, 4) is 0 Å². The minimum atomic E-state index is -4.36. The molecular weight excluding hydrogens is 277 g/mol. The molecule has 2 fully saturated rings. The van der Waals surface area contributed by atoms with Crippen LogP contribution in [0.5, 0.6) is 0 Å². The van der Waals surface area contributed by atoms with E-state index in [1.54, 1.807) is 0 Å². The molecule has 0 spiro atoms. The van der Waals surface area contributed by atoms with E-state index in [1.165, 1.54) is 12.8 Å². The number of ether oxygens (including phenoxy) is 1. The van der Waals surface area contributed by atoms with Crippen LogP contribution >= 0.6 is 11.3 Å². The van der Waals surface area contributed by atoms with Gasteiger partial charge in [-0.2, -0.15) is 13.2 Å². The lowest BCUT2D eigenvalue weighted by Crippen LogP contribution is -2.35. The average molecular weight is 292 g/mol. The molecule has 2 atom stereocenters. The second kappa shape index (κ2) is 4.94. The molecule has 0 aromatic carbocycles. The average Bonchev–Trinajstić information content (AvgIpc) is 3.09. The van der Waals surface area contributed by atoms with Gasteiger partial charge in [0, 0.05) is 18.0 Å². The van der Waals surface area contributed by atoms with Crippen LogP contribution < -0.4 is 5.32 Å². The molecule has 2 aliphatic rings. The summed E-state index contributed by atoms with van der Waals surface area (Å²) in [5.74, 6) is 0.659. The first-order valence-electron chi connectivity index (χ1n) is 6.43. The van der Waals surface area contributed by atoms with Gasteiger partial charge >= 0.3 is 6.18 Å². The second-order valence-electron chi connectivity index (χ2n) is 5.15. The Hall–Kier alpha value is -0.820. The summed E-state index contributed by atoms with van der Waals surface area (Å²) in [7, 11) is 0. The number of alkyl halides is 3. The largest absolute Gasteiger partial charge is 0.434 e. The van der Waals surface area contributed by atoms with Crippen LogP contribution in [-0.4, -0.2) is 23.7 Å². The first-order chi connectivity index (χ1) is 9.02. The van der Waals surface area contributed by atoms with Crippen molar-refractivity contribution in [2.24, 2.45) is 5.92 Å². The van der Waals surface area contributed by atoms with E-state index in [4.69, 9.17) is 4.74 Å². The number of rotatable bonds is 3. The molecule has 0 amide bonds. The lowest BCUT2D eigenvalue weighted by atomic mass is 10.0. The molecule has 106 valence electrons. The van der Waals surface area contributed by atoms with Crippen molar-refractivity contribution in [3.05, 3.63) is 11.1 Å². The Morgan fingerprint density at radius 3 is 2.74 bits per heavy atom. The van der Waals surface area contributed by atoms with E-state index in [2.05, 4.69) is 10.3 Å². The molecular formula is C12H15F3N2OS. The third-order valence-corrected chi connectivity index (χ3v) is 4.36. The van der Waals surface area contributed by atoms with Gasteiger partial charge in [0.2, 0.25) is 0 Å². The van der Waals surface area contributed by atoms with Crippen molar-refractivity contribution in [2.75, 3.05) is 11.9 Å².